The van der Waals surface area contributed by atoms with E-state index in [4.69, 9.17) is 14.5 Å². The fourth-order valence-electron chi connectivity index (χ4n) is 3.72. The van der Waals surface area contributed by atoms with E-state index in [-0.39, 0.29) is 5.91 Å². The number of carbonyl (C=O) groups excluding carboxylic acids is 1. The summed E-state index contributed by atoms with van der Waals surface area (Å²) >= 11 is 0. The number of pyridine rings is 1. The number of aromatic nitrogens is 1. The number of anilines is 1. The lowest BCUT2D eigenvalue weighted by Crippen LogP contribution is -2.14. The molecule has 3 aromatic carbocycles. The van der Waals surface area contributed by atoms with Gasteiger partial charge in [0.2, 0.25) is 0 Å². The first-order chi connectivity index (χ1) is 15.0. The maximum Gasteiger partial charge on any atom is 0.256 e. The SMILES string of the molecule is COc1ccc(-c2cc(C(=O)Nc3ccccc3OC)c3cc(C)cc(C)c3n2)cc1. The van der Waals surface area contributed by atoms with Gasteiger partial charge in [-0.05, 0) is 67.9 Å². The highest BCUT2D eigenvalue weighted by molar-refractivity contribution is 6.14. The van der Waals surface area contributed by atoms with E-state index in [9.17, 15) is 4.79 Å². The molecule has 0 aliphatic heterocycles. The Hall–Kier alpha value is -3.86. The zero-order chi connectivity index (χ0) is 22.0. The van der Waals surface area contributed by atoms with Crippen LogP contribution >= 0.6 is 0 Å². The number of benzene rings is 3. The predicted octanol–water partition coefficient (Wildman–Crippen LogP) is 5.79. The molecule has 1 aromatic heterocycles. The number of para-hydroxylation sites is 2. The number of aryl methyl sites for hydroxylation is 2. The molecule has 1 amide bonds. The van der Waals surface area contributed by atoms with Gasteiger partial charge in [-0.2, -0.15) is 0 Å². The van der Waals surface area contributed by atoms with E-state index in [1.165, 1.54) is 0 Å². The van der Waals surface area contributed by atoms with Crippen molar-refractivity contribution in [1.82, 2.24) is 4.98 Å². The molecule has 0 bridgehead atoms. The summed E-state index contributed by atoms with van der Waals surface area (Å²) in [5.74, 6) is 1.17. The number of hydrogen-bond acceptors (Lipinski definition) is 4. The minimum Gasteiger partial charge on any atom is -0.497 e. The Balaban J connectivity index is 1.86. The fourth-order valence-corrected chi connectivity index (χ4v) is 3.72. The van der Waals surface area contributed by atoms with E-state index in [1.807, 2.05) is 74.5 Å². The molecular weight excluding hydrogens is 388 g/mol. The molecule has 0 aliphatic carbocycles. The van der Waals surface area contributed by atoms with Gasteiger partial charge >= 0.3 is 0 Å². The minimum atomic E-state index is -0.211. The molecule has 0 aliphatic rings. The normalized spacial score (nSPS) is 10.7. The molecule has 0 saturated heterocycles. The number of nitrogens with one attached hydrogen (secondary N) is 1. The number of amides is 1. The summed E-state index contributed by atoms with van der Waals surface area (Å²) in [6, 6.07) is 20.9. The maximum atomic E-state index is 13.4. The summed E-state index contributed by atoms with van der Waals surface area (Å²) < 4.78 is 10.6. The molecule has 0 saturated carbocycles. The van der Waals surface area contributed by atoms with Crippen molar-refractivity contribution >= 4 is 22.5 Å². The number of fused-ring (bicyclic) bond motifs is 1. The van der Waals surface area contributed by atoms with E-state index < -0.39 is 0 Å². The van der Waals surface area contributed by atoms with Crippen LogP contribution in [-0.2, 0) is 0 Å². The zero-order valence-corrected chi connectivity index (χ0v) is 18.0. The summed E-state index contributed by atoms with van der Waals surface area (Å²) in [5, 5.41) is 3.82. The van der Waals surface area contributed by atoms with E-state index in [1.54, 1.807) is 14.2 Å². The van der Waals surface area contributed by atoms with Crippen molar-refractivity contribution in [1.29, 1.82) is 0 Å². The molecule has 156 valence electrons. The molecule has 0 unspecified atom stereocenters. The van der Waals surface area contributed by atoms with Gasteiger partial charge in [-0.15, -0.1) is 0 Å². The Labute approximate surface area is 181 Å². The van der Waals surface area contributed by atoms with Crippen LogP contribution in [0.4, 0.5) is 5.69 Å². The number of carbonyl (C=O) groups is 1. The van der Waals surface area contributed by atoms with Crippen LogP contribution in [-0.4, -0.2) is 25.1 Å². The lowest BCUT2D eigenvalue weighted by molar-refractivity contribution is 0.102. The summed E-state index contributed by atoms with van der Waals surface area (Å²) in [5.41, 5.74) is 5.74. The van der Waals surface area contributed by atoms with Gasteiger partial charge in [0, 0.05) is 10.9 Å². The first kappa shape index (κ1) is 20.4. The molecular formula is C26H24N2O3. The van der Waals surface area contributed by atoms with Crippen molar-refractivity contribution in [2.24, 2.45) is 0 Å². The molecule has 5 heteroatoms. The van der Waals surface area contributed by atoms with Gasteiger partial charge in [-0.3, -0.25) is 4.79 Å². The average Bonchev–Trinajstić information content (AvgIpc) is 2.79. The lowest BCUT2D eigenvalue weighted by Gasteiger charge is -2.14. The predicted molar refractivity (Wildman–Crippen MR) is 124 cm³/mol. The van der Waals surface area contributed by atoms with Crippen LogP contribution in [0.1, 0.15) is 21.5 Å². The van der Waals surface area contributed by atoms with Gasteiger partial charge in [0.1, 0.15) is 11.5 Å². The molecule has 4 rings (SSSR count). The number of hydrogen-bond donors (Lipinski definition) is 1. The zero-order valence-electron chi connectivity index (χ0n) is 18.0. The summed E-state index contributed by atoms with van der Waals surface area (Å²) in [6.45, 7) is 4.04. The highest BCUT2D eigenvalue weighted by atomic mass is 16.5. The number of rotatable bonds is 5. The molecule has 0 fully saturated rings. The standard InChI is InChI=1S/C26H24N2O3/c1-16-13-17(2)25-20(14-16)21(26(29)28-22-7-5-6-8-24(22)31-4)15-23(27-25)18-9-11-19(30-3)12-10-18/h5-15H,1-4H3,(H,28,29). The second kappa shape index (κ2) is 8.48. The molecule has 5 nitrogen and oxygen atoms in total. The summed E-state index contributed by atoms with van der Waals surface area (Å²) in [7, 11) is 3.22. The molecule has 0 radical (unpaired) electrons. The largest absolute Gasteiger partial charge is 0.497 e. The smallest absolute Gasteiger partial charge is 0.256 e. The molecule has 0 spiro atoms. The van der Waals surface area contributed by atoms with Crippen molar-refractivity contribution in [3.63, 3.8) is 0 Å². The van der Waals surface area contributed by atoms with Gasteiger partial charge in [-0.25, -0.2) is 4.98 Å². The third-order valence-electron chi connectivity index (χ3n) is 5.23. The number of methoxy groups -OCH3 is 2. The highest BCUT2D eigenvalue weighted by Gasteiger charge is 2.17. The topological polar surface area (TPSA) is 60.5 Å². The van der Waals surface area contributed by atoms with Crippen LogP contribution in [0.2, 0.25) is 0 Å². The van der Waals surface area contributed by atoms with Crippen molar-refractivity contribution in [2.45, 2.75) is 13.8 Å². The highest BCUT2D eigenvalue weighted by Crippen LogP contribution is 2.30. The molecule has 31 heavy (non-hydrogen) atoms. The van der Waals surface area contributed by atoms with Crippen molar-refractivity contribution in [3.8, 4) is 22.8 Å². The molecule has 1 heterocycles. The third kappa shape index (κ3) is 4.08. The number of nitrogens with zero attached hydrogens (tertiary/aromatic N) is 1. The van der Waals surface area contributed by atoms with Gasteiger partial charge in [0.15, 0.2) is 0 Å². The van der Waals surface area contributed by atoms with Crippen LogP contribution in [0.25, 0.3) is 22.2 Å². The van der Waals surface area contributed by atoms with E-state index in [0.29, 0.717) is 17.0 Å². The average molecular weight is 412 g/mol. The third-order valence-corrected chi connectivity index (χ3v) is 5.23. The fraction of sp³-hybridized carbons (Fsp3) is 0.154. The van der Waals surface area contributed by atoms with Crippen molar-refractivity contribution in [3.05, 3.63) is 83.4 Å². The maximum absolute atomic E-state index is 13.4. The minimum absolute atomic E-state index is 0.211. The lowest BCUT2D eigenvalue weighted by atomic mass is 9.99. The van der Waals surface area contributed by atoms with Crippen LogP contribution < -0.4 is 14.8 Å². The Morgan fingerprint density at radius 3 is 2.35 bits per heavy atom. The Kier molecular flexibility index (Phi) is 5.58. The van der Waals surface area contributed by atoms with Crippen LogP contribution in [0.3, 0.4) is 0 Å². The van der Waals surface area contributed by atoms with Crippen LogP contribution in [0.15, 0.2) is 66.7 Å². The van der Waals surface area contributed by atoms with Crippen LogP contribution in [0.5, 0.6) is 11.5 Å². The second-order valence-corrected chi connectivity index (χ2v) is 7.42. The van der Waals surface area contributed by atoms with E-state index in [0.717, 1.165) is 39.0 Å². The summed E-state index contributed by atoms with van der Waals surface area (Å²) in [6.07, 6.45) is 0. The van der Waals surface area contributed by atoms with Crippen LogP contribution in [0, 0.1) is 13.8 Å². The Morgan fingerprint density at radius 2 is 1.65 bits per heavy atom. The van der Waals surface area contributed by atoms with Gasteiger partial charge in [-0.1, -0.05) is 23.8 Å². The summed E-state index contributed by atoms with van der Waals surface area (Å²) in [4.78, 5) is 18.3. The van der Waals surface area contributed by atoms with Gasteiger partial charge in [0.25, 0.3) is 5.91 Å². The first-order valence-electron chi connectivity index (χ1n) is 10.0. The van der Waals surface area contributed by atoms with E-state index >= 15 is 0 Å². The van der Waals surface area contributed by atoms with E-state index in [2.05, 4.69) is 11.4 Å². The first-order valence-corrected chi connectivity index (χ1v) is 10.0. The van der Waals surface area contributed by atoms with Gasteiger partial charge in [0.05, 0.1) is 36.7 Å². The quantitative estimate of drug-likeness (QED) is 0.451. The molecule has 4 aromatic rings. The second-order valence-electron chi connectivity index (χ2n) is 7.42. The van der Waals surface area contributed by atoms with Crippen molar-refractivity contribution in [2.75, 3.05) is 19.5 Å². The molecule has 1 N–H and O–H groups in total. The monoisotopic (exact) mass is 412 g/mol. The Morgan fingerprint density at radius 1 is 0.903 bits per heavy atom. The molecule has 0 atom stereocenters. The number of ether oxygens (including phenoxy) is 2. The van der Waals surface area contributed by atoms with Gasteiger partial charge < -0.3 is 14.8 Å². The van der Waals surface area contributed by atoms with Crippen molar-refractivity contribution < 1.29 is 14.3 Å². The Bertz CT molecular complexity index is 1260.